The Kier molecular flexibility index (Phi) is 6.61. The average molecular weight is 515 g/mol. The van der Waals surface area contributed by atoms with Crippen LogP contribution >= 0.6 is 0 Å². The molecule has 3 heterocycles. The number of methoxy groups -OCH3 is 1. The largest absolute Gasteiger partial charge is 0.481 e. The zero-order valence-corrected chi connectivity index (χ0v) is 20.0. The second-order valence-corrected chi connectivity index (χ2v) is 8.33. The molecular formula is C28H19F2N3O5. The van der Waals surface area contributed by atoms with E-state index in [2.05, 4.69) is 9.97 Å². The molecule has 0 bridgehead atoms. The lowest BCUT2D eigenvalue weighted by atomic mass is 9.98. The fraction of sp³-hybridized carbons (Fsp3) is 0.107. The Bertz CT molecular complexity index is 1620. The van der Waals surface area contributed by atoms with Gasteiger partial charge in [-0.1, -0.05) is 12.1 Å². The Labute approximate surface area is 215 Å². The van der Waals surface area contributed by atoms with Crippen LogP contribution in [0.25, 0.3) is 11.0 Å². The number of ether oxygens (including phenoxy) is 2. The molecule has 5 rings (SSSR count). The average Bonchev–Trinajstić information content (AvgIpc) is 2.91. The monoisotopic (exact) mass is 515 g/mol. The van der Waals surface area contributed by atoms with E-state index in [0.29, 0.717) is 22.5 Å². The Hall–Kier alpha value is -4.99. The number of carbonyl (C=O) groups is 3. The molecule has 8 nitrogen and oxygen atoms in total. The van der Waals surface area contributed by atoms with Crippen molar-refractivity contribution in [1.29, 1.82) is 0 Å². The summed E-state index contributed by atoms with van der Waals surface area (Å²) in [7, 11) is 1.47. The summed E-state index contributed by atoms with van der Waals surface area (Å²) in [6, 6.07) is 13.7. The van der Waals surface area contributed by atoms with Crippen LogP contribution in [-0.2, 0) is 20.8 Å². The Morgan fingerprint density at radius 1 is 1.00 bits per heavy atom. The molecule has 190 valence electrons. The third kappa shape index (κ3) is 4.83. The zero-order valence-electron chi connectivity index (χ0n) is 20.0. The van der Waals surface area contributed by atoms with Crippen molar-refractivity contribution in [3.05, 3.63) is 95.7 Å². The molecule has 38 heavy (non-hydrogen) atoms. The molecule has 0 aliphatic carbocycles. The van der Waals surface area contributed by atoms with E-state index in [1.165, 1.54) is 43.6 Å². The van der Waals surface area contributed by atoms with Crippen molar-refractivity contribution in [3.63, 3.8) is 0 Å². The van der Waals surface area contributed by atoms with Crippen LogP contribution in [-0.4, -0.2) is 34.7 Å². The van der Waals surface area contributed by atoms with E-state index >= 15 is 0 Å². The van der Waals surface area contributed by atoms with E-state index in [-0.39, 0.29) is 35.6 Å². The first kappa shape index (κ1) is 24.7. The number of imide groups is 1. The van der Waals surface area contributed by atoms with Gasteiger partial charge in [-0.25, -0.2) is 18.7 Å². The number of carbonyl (C=O) groups excluding carboxylic acids is 3. The van der Waals surface area contributed by atoms with E-state index in [9.17, 15) is 23.2 Å². The molecule has 0 radical (unpaired) electrons. The van der Waals surface area contributed by atoms with Crippen LogP contribution < -0.4 is 14.4 Å². The van der Waals surface area contributed by atoms with Gasteiger partial charge in [0.2, 0.25) is 11.8 Å². The number of halogens is 2. The van der Waals surface area contributed by atoms with E-state index in [0.717, 1.165) is 23.1 Å². The summed E-state index contributed by atoms with van der Waals surface area (Å²) in [5.74, 6) is -2.68. The third-order valence-corrected chi connectivity index (χ3v) is 5.86. The van der Waals surface area contributed by atoms with Crippen LogP contribution in [0.1, 0.15) is 12.0 Å². The summed E-state index contributed by atoms with van der Waals surface area (Å²) in [6.07, 6.45) is 2.31. The highest BCUT2D eigenvalue weighted by Gasteiger charge is 2.33. The fourth-order valence-corrected chi connectivity index (χ4v) is 4.00. The number of fused-ring (bicyclic) bond motifs is 1. The number of hydrogen-bond donors (Lipinski definition) is 0. The zero-order chi connectivity index (χ0) is 26.8. The number of Topliss-reactive ketones (excluding diaryl/α,β-unsaturated/α-hetero) is 1. The minimum atomic E-state index is -0.814. The van der Waals surface area contributed by atoms with Crippen LogP contribution in [0.5, 0.6) is 17.4 Å². The summed E-state index contributed by atoms with van der Waals surface area (Å²) in [5, 5.41) is 0. The summed E-state index contributed by atoms with van der Waals surface area (Å²) in [4.78, 5) is 47.6. The minimum Gasteiger partial charge on any atom is -0.481 e. The maximum Gasteiger partial charge on any atom is 0.268 e. The summed E-state index contributed by atoms with van der Waals surface area (Å²) >= 11 is 0. The van der Waals surface area contributed by atoms with Gasteiger partial charge in [0.1, 0.15) is 11.3 Å². The Balaban J connectivity index is 1.34. The van der Waals surface area contributed by atoms with Crippen molar-refractivity contribution < 1.29 is 32.6 Å². The van der Waals surface area contributed by atoms with Crippen molar-refractivity contribution in [2.75, 3.05) is 12.0 Å². The predicted octanol–water partition coefficient (Wildman–Crippen LogP) is 4.71. The topological polar surface area (TPSA) is 98.7 Å². The maximum absolute atomic E-state index is 15.0. The van der Waals surface area contributed by atoms with Crippen molar-refractivity contribution in [2.24, 2.45) is 0 Å². The third-order valence-electron chi connectivity index (χ3n) is 5.86. The summed E-state index contributed by atoms with van der Waals surface area (Å²) < 4.78 is 39.1. The van der Waals surface area contributed by atoms with Gasteiger partial charge in [-0.15, -0.1) is 0 Å². The van der Waals surface area contributed by atoms with Gasteiger partial charge in [0.15, 0.2) is 23.1 Å². The smallest absolute Gasteiger partial charge is 0.268 e. The number of rotatable bonds is 7. The minimum absolute atomic E-state index is 0.0978. The molecule has 2 amide bonds. The van der Waals surface area contributed by atoms with E-state index in [1.807, 2.05) is 0 Å². The number of anilines is 1. The van der Waals surface area contributed by atoms with Crippen LogP contribution in [0.15, 0.2) is 78.5 Å². The molecule has 10 heteroatoms. The van der Waals surface area contributed by atoms with Crippen molar-refractivity contribution in [3.8, 4) is 17.4 Å². The molecule has 4 aromatic rings. The van der Waals surface area contributed by atoms with Crippen LogP contribution in [0.2, 0.25) is 0 Å². The number of ketones is 1. The molecule has 2 aromatic heterocycles. The van der Waals surface area contributed by atoms with Crippen molar-refractivity contribution in [1.82, 2.24) is 9.97 Å². The van der Waals surface area contributed by atoms with Crippen molar-refractivity contribution >= 4 is 34.3 Å². The second-order valence-electron chi connectivity index (χ2n) is 8.33. The number of aromatic nitrogens is 2. The second kappa shape index (κ2) is 10.2. The Morgan fingerprint density at radius 2 is 1.79 bits per heavy atom. The Morgan fingerprint density at radius 3 is 2.53 bits per heavy atom. The molecule has 0 spiro atoms. The van der Waals surface area contributed by atoms with Gasteiger partial charge in [-0.3, -0.25) is 19.4 Å². The molecule has 0 saturated heterocycles. The van der Waals surface area contributed by atoms with Gasteiger partial charge in [0, 0.05) is 31.2 Å². The highest BCUT2D eigenvalue weighted by Crippen LogP contribution is 2.31. The summed E-state index contributed by atoms with van der Waals surface area (Å²) in [6.45, 7) is 0. The van der Waals surface area contributed by atoms with Gasteiger partial charge in [0.05, 0.1) is 23.9 Å². The molecule has 0 saturated carbocycles. The number of benzene rings is 2. The first-order valence-electron chi connectivity index (χ1n) is 11.5. The van der Waals surface area contributed by atoms with Crippen LogP contribution in [0, 0.1) is 11.6 Å². The number of nitrogens with zero attached hydrogens (tertiary/aromatic N) is 3. The molecule has 0 fully saturated rings. The molecular weight excluding hydrogens is 496 g/mol. The van der Waals surface area contributed by atoms with Crippen LogP contribution in [0.3, 0.4) is 0 Å². The fourth-order valence-electron chi connectivity index (χ4n) is 4.00. The number of pyridine rings is 2. The normalized spacial score (nSPS) is 13.4. The quantitative estimate of drug-likeness (QED) is 0.260. The molecule has 0 N–H and O–H groups in total. The van der Waals surface area contributed by atoms with Crippen LogP contribution in [0.4, 0.5) is 14.5 Å². The highest BCUT2D eigenvalue weighted by atomic mass is 19.1. The molecule has 1 aliphatic heterocycles. The first-order valence-corrected chi connectivity index (χ1v) is 11.5. The summed E-state index contributed by atoms with van der Waals surface area (Å²) in [5.41, 5.74) is 1.18. The SMILES string of the molecule is COc1ccc2nccc(Oc3ccc(CC(=O)C4=CCC(=O)N(c5ccc(F)cc5)C4=O)cc3F)c2n1. The van der Waals surface area contributed by atoms with Gasteiger partial charge in [0.25, 0.3) is 5.91 Å². The van der Waals surface area contributed by atoms with Gasteiger partial charge in [-0.2, -0.15) is 0 Å². The van der Waals surface area contributed by atoms with Gasteiger partial charge < -0.3 is 9.47 Å². The lowest BCUT2D eigenvalue weighted by Gasteiger charge is -2.25. The lowest BCUT2D eigenvalue weighted by molar-refractivity contribution is -0.126. The first-order chi connectivity index (χ1) is 18.3. The number of amides is 2. The van der Waals surface area contributed by atoms with E-state index in [4.69, 9.17) is 9.47 Å². The van der Waals surface area contributed by atoms with Gasteiger partial charge in [-0.05, 0) is 48.0 Å². The lowest BCUT2D eigenvalue weighted by Crippen LogP contribution is -2.42. The van der Waals surface area contributed by atoms with E-state index in [1.54, 1.807) is 18.2 Å². The van der Waals surface area contributed by atoms with Gasteiger partial charge >= 0.3 is 0 Å². The standard InChI is InChI=1S/C28H19F2N3O5/c1-37-25-10-8-21-27(32-25)24(12-13-31-21)38-23-9-2-16(14-20(23)30)15-22(34)19-7-11-26(35)33(28(19)36)18-5-3-17(29)4-6-18/h2-10,12-14H,11,15H2,1H3. The molecule has 2 aromatic carbocycles. The predicted molar refractivity (Wildman–Crippen MR) is 133 cm³/mol. The number of hydrogen-bond acceptors (Lipinski definition) is 7. The molecule has 0 unspecified atom stereocenters. The molecule has 0 atom stereocenters. The van der Waals surface area contributed by atoms with E-state index < -0.39 is 29.2 Å². The maximum atomic E-state index is 15.0. The highest BCUT2D eigenvalue weighted by molar-refractivity contribution is 6.33. The van der Waals surface area contributed by atoms with Crippen molar-refractivity contribution in [2.45, 2.75) is 12.8 Å². The molecule has 1 aliphatic rings.